The van der Waals surface area contributed by atoms with Gasteiger partial charge in [-0.2, -0.15) is 5.10 Å². The van der Waals surface area contributed by atoms with Crippen molar-refractivity contribution in [3.05, 3.63) is 82.6 Å². The molecule has 4 heterocycles. The molecule has 1 N–H and O–H groups in total. The lowest BCUT2D eigenvalue weighted by atomic mass is 10.0. The van der Waals surface area contributed by atoms with E-state index in [0.29, 0.717) is 36.6 Å². The highest BCUT2D eigenvalue weighted by Gasteiger charge is 2.37. The van der Waals surface area contributed by atoms with E-state index in [4.69, 9.17) is 16.0 Å². The van der Waals surface area contributed by atoms with E-state index in [2.05, 4.69) is 54.2 Å². The number of nitrogens with one attached hydrogen (secondary N) is 1. The Labute approximate surface area is 252 Å². The van der Waals surface area contributed by atoms with Gasteiger partial charge in [-0.05, 0) is 77.1 Å². The Morgan fingerprint density at radius 1 is 1.12 bits per heavy atom. The third-order valence-electron chi connectivity index (χ3n) is 8.16. The smallest absolute Gasteiger partial charge is 0.231 e. The first-order valence-electron chi connectivity index (χ1n) is 13.9. The number of nitrogens with zero attached hydrogens (tertiary/aromatic N) is 5. The van der Waals surface area contributed by atoms with E-state index < -0.39 is 14.1 Å². The van der Waals surface area contributed by atoms with Crippen LogP contribution in [0.1, 0.15) is 37.6 Å². The number of carbonyl (C=O) groups is 1. The molecule has 0 unspecified atom stereocenters. The first kappa shape index (κ1) is 29.9. The zero-order chi connectivity index (χ0) is 30.2. The molecular formula is C31H36ClFN6O2Si. The number of amides is 1. The number of fused-ring (bicyclic) bond motifs is 1. The van der Waals surface area contributed by atoms with Crippen molar-refractivity contribution in [2.75, 3.05) is 16.8 Å². The normalized spacial score (nSPS) is 13.4. The largest absolute Gasteiger partial charge is 0.411 e. The molecule has 220 valence electrons. The highest BCUT2D eigenvalue weighted by Crippen LogP contribution is 2.38. The van der Waals surface area contributed by atoms with Gasteiger partial charge in [-0.15, -0.1) is 0 Å². The fourth-order valence-electron chi connectivity index (χ4n) is 4.71. The average molecular weight is 607 g/mol. The molecule has 0 bridgehead atoms. The van der Waals surface area contributed by atoms with Gasteiger partial charge in [0.25, 0.3) is 0 Å². The van der Waals surface area contributed by atoms with Gasteiger partial charge in [0.05, 0.1) is 24.4 Å². The highest BCUT2D eigenvalue weighted by molar-refractivity contribution is 6.74. The summed E-state index contributed by atoms with van der Waals surface area (Å²) >= 11 is 6.14. The molecule has 1 aliphatic heterocycles. The minimum absolute atomic E-state index is 0.0603. The molecule has 3 aromatic heterocycles. The van der Waals surface area contributed by atoms with E-state index in [1.54, 1.807) is 29.2 Å². The van der Waals surface area contributed by atoms with Crippen LogP contribution >= 0.6 is 11.6 Å². The fourth-order valence-corrected chi connectivity index (χ4v) is 5.84. The predicted molar refractivity (Wildman–Crippen MR) is 167 cm³/mol. The van der Waals surface area contributed by atoms with Gasteiger partial charge >= 0.3 is 0 Å². The molecular weight excluding hydrogens is 571 g/mol. The molecule has 42 heavy (non-hydrogen) atoms. The van der Waals surface area contributed by atoms with Crippen molar-refractivity contribution < 1.29 is 13.6 Å². The summed E-state index contributed by atoms with van der Waals surface area (Å²) < 4.78 is 23.6. The third kappa shape index (κ3) is 6.25. The van der Waals surface area contributed by atoms with Crippen LogP contribution in [0.15, 0.2) is 54.9 Å². The molecule has 0 saturated carbocycles. The maximum absolute atomic E-state index is 15.5. The van der Waals surface area contributed by atoms with Crippen LogP contribution < -0.4 is 10.2 Å². The second-order valence-corrected chi connectivity index (χ2v) is 17.3. The lowest BCUT2D eigenvalue weighted by molar-refractivity contribution is -0.117. The van der Waals surface area contributed by atoms with Gasteiger partial charge in [0.2, 0.25) is 5.91 Å². The van der Waals surface area contributed by atoms with Gasteiger partial charge < -0.3 is 14.6 Å². The number of hydrogen-bond acceptors (Lipinski definition) is 6. The van der Waals surface area contributed by atoms with Gasteiger partial charge in [0, 0.05) is 32.1 Å². The van der Waals surface area contributed by atoms with E-state index >= 15 is 4.39 Å². The molecule has 0 spiro atoms. The van der Waals surface area contributed by atoms with Crippen molar-refractivity contribution >= 4 is 43.1 Å². The van der Waals surface area contributed by atoms with Crippen molar-refractivity contribution in [2.24, 2.45) is 7.05 Å². The van der Waals surface area contributed by atoms with E-state index in [9.17, 15) is 4.79 Å². The van der Waals surface area contributed by atoms with Crippen LogP contribution in [0.2, 0.25) is 23.3 Å². The molecule has 0 aliphatic carbocycles. The number of aromatic nitrogens is 4. The second kappa shape index (κ2) is 11.6. The molecule has 8 nitrogen and oxygen atoms in total. The maximum atomic E-state index is 15.5. The van der Waals surface area contributed by atoms with Gasteiger partial charge in [0.1, 0.15) is 22.6 Å². The van der Waals surface area contributed by atoms with Crippen LogP contribution in [0.4, 0.5) is 21.7 Å². The summed E-state index contributed by atoms with van der Waals surface area (Å²) in [6, 6.07) is 12.6. The van der Waals surface area contributed by atoms with Crippen molar-refractivity contribution in [3.8, 4) is 11.1 Å². The lowest BCUT2D eigenvalue weighted by Crippen LogP contribution is -2.40. The standard InChI is InChI=1S/C31H36ClFN6O2Si/c1-31(2,3)42(5,6)41-19-24-18-27(38(4)37-24)36-26-16-20(9-12-34-26)23-14-21-10-13-39(29(21)25(33)15-23)28(40)17-22-8-7-11-35-30(22)32/h7-9,11-12,14-16,18H,10,13,17,19H2,1-6H3,(H,34,36). The van der Waals surface area contributed by atoms with Gasteiger partial charge in [-0.3, -0.25) is 9.48 Å². The number of hydrogen-bond donors (Lipinski definition) is 1. The molecule has 1 aliphatic rings. The summed E-state index contributed by atoms with van der Waals surface area (Å²) in [6.07, 6.45) is 3.89. The highest BCUT2D eigenvalue weighted by atomic mass is 35.5. The van der Waals surface area contributed by atoms with Crippen molar-refractivity contribution in [3.63, 3.8) is 0 Å². The van der Waals surface area contributed by atoms with Crippen LogP contribution in [0, 0.1) is 5.82 Å². The van der Waals surface area contributed by atoms with Crippen LogP contribution in [0.3, 0.4) is 0 Å². The van der Waals surface area contributed by atoms with Crippen LogP contribution in [0.25, 0.3) is 11.1 Å². The van der Waals surface area contributed by atoms with Gasteiger partial charge in [-0.25, -0.2) is 14.4 Å². The monoisotopic (exact) mass is 606 g/mol. The molecule has 1 amide bonds. The third-order valence-corrected chi connectivity index (χ3v) is 13.0. The molecule has 0 radical (unpaired) electrons. The van der Waals surface area contributed by atoms with Crippen LogP contribution in [0.5, 0.6) is 0 Å². The number of halogens is 2. The average Bonchev–Trinajstić information content (AvgIpc) is 3.52. The lowest BCUT2D eigenvalue weighted by Gasteiger charge is -2.35. The van der Waals surface area contributed by atoms with Gasteiger partial charge in [0.15, 0.2) is 8.32 Å². The Hall–Kier alpha value is -3.60. The Bertz CT molecular complexity index is 1630. The number of anilines is 3. The Morgan fingerprint density at radius 2 is 1.90 bits per heavy atom. The number of rotatable bonds is 8. The summed E-state index contributed by atoms with van der Waals surface area (Å²) in [6.45, 7) is 11.9. The zero-order valence-electron chi connectivity index (χ0n) is 24.8. The molecule has 11 heteroatoms. The topological polar surface area (TPSA) is 85.2 Å². The maximum Gasteiger partial charge on any atom is 0.231 e. The minimum Gasteiger partial charge on any atom is -0.411 e. The second-order valence-electron chi connectivity index (χ2n) is 12.1. The number of aryl methyl sites for hydroxylation is 1. The quantitative estimate of drug-likeness (QED) is 0.171. The SMILES string of the molecule is Cn1nc(CO[Si](C)(C)C(C)(C)C)cc1Nc1cc(-c2cc(F)c3c(c2)CCN3C(=O)Cc2cccnc2Cl)ccn1. The Morgan fingerprint density at radius 3 is 2.64 bits per heavy atom. The molecule has 0 atom stereocenters. The molecule has 0 fully saturated rings. The summed E-state index contributed by atoms with van der Waals surface area (Å²) in [5.74, 6) is 0.737. The molecule has 4 aromatic rings. The molecule has 0 saturated heterocycles. The van der Waals surface area contributed by atoms with Crippen LogP contribution in [-0.2, 0) is 35.7 Å². The van der Waals surface area contributed by atoms with Crippen molar-refractivity contribution in [1.29, 1.82) is 0 Å². The summed E-state index contributed by atoms with van der Waals surface area (Å²) in [5, 5.41) is 8.34. The predicted octanol–water partition coefficient (Wildman–Crippen LogP) is 7.07. The van der Waals surface area contributed by atoms with E-state index in [-0.39, 0.29) is 22.5 Å². The molecule has 5 rings (SSSR count). The first-order chi connectivity index (χ1) is 19.8. The zero-order valence-corrected chi connectivity index (χ0v) is 26.6. The fraction of sp³-hybridized carbons (Fsp3) is 0.355. The number of carbonyl (C=O) groups excluding carboxylic acids is 1. The van der Waals surface area contributed by atoms with Crippen molar-refractivity contribution in [1.82, 2.24) is 19.7 Å². The summed E-state index contributed by atoms with van der Waals surface area (Å²) in [4.78, 5) is 23.1. The van der Waals surface area contributed by atoms with Crippen molar-refractivity contribution in [2.45, 2.75) is 58.4 Å². The number of benzene rings is 1. The van der Waals surface area contributed by atoms with Crippen LogP contribution in [-0.4, -0.2) is 40.5 Å². The van der Waals surface area contributed by atoms with E-state index in [1.807, 2.05) is 31.3 Å². The van der Waals surface area contributed by atoms with E-state index in [1.165, 1.54) is 11.0 Å². The van der Waals surface area contributed by atoms with E-state index in [0.717, 1.165) is 28.2 Å². The van der Waals surface area contributed by atoms with Gasteiger partial charge in [-0.1, -0.05) is 38.4 Å². The summed E-state index contributed by atoms with van der Waals surface area (Å²) in [7, 11) is -0.0320. The Kier molecular flexibility index (Phi) is 8.24. The first-order valence-corrected chi connectivity index (χ1v) is 17.2. The summed E-state index contributed by atoms with van der Waals surface area (Å²) in [5.41, 5.74) is 4.11. The Balaban J connectivity index is 1.31. The number of pyridine rings is 2. The molecule has 1 aromatic carbocycles. The minimum atomic E-state index is -1.90.